The van der Waals surface area contributed by atoms with Gasteiger partial charge in [-0.25, -0.2) is 0 Å². The van der Waals surface area contributed by atoms with Gasteiger partial charge in [-0.1, -0.05) is 29.3 Å². The molecule has 0 saturated heterocycles. The minimum Gasteiger partial charge on any atom is -0.343 e. The Bertz CT molecular complexity index is 592. The van der Waals surface area contributed by atoms with Crippen LogP contribution in [0.25, 0.3) is 10.9 Å². The molecule has 0 N–H and O–H groups in total. The summed E-state index contributed by atoms with van der Waals surface area (Å²) in [6, 6.07) is 5.59. The monoisotopic (exact) mass is 247 g/mol. The van der Waals surface area contributed by atoms with E-state index in [9.17, 15) is 4.79 Å². The molecule has 1 heterocycles. The van der Waals surface area contributed by atoms with E-state index in [-0.39, 0.29) is 0 Å². The number of halogens is 1. The third-order valence-corrected chi connectivity index (χ3v) is 2.93. The van der Waals surface area contributed by atoms with Crippen LogP contribution in [0.1, 0.15) is 24.2 Å². The number of hydrogen-bond acceptors (Lipinski definition) is 1. The number of rotatable bonds is 3. The molecule has 0 aliphatic rings. The van der Waals surface area contributed by atoms with E-state index in [1.807, 2.05) is 29.0 Å². The maximum absolute atomic E-state index is 11.0. The molecule has 3 heteroatoms. The lowest BCUT2D eigenvalue weighted by atomic mass is 10.2. The largest absolute Gasteiger partial charge is 0.343 e. The molecule has 88 valence electrons. The Morgan fingerprint density at radius 1 is 1.41 bits per heavy atom. The fourth-order valence-electron chi connectivity index (χ4n) is 1.82. The van der Waals surface area contributed by atoms with Gasteiger partial charge in [-0.3, -0.25) is 4.79 Å². The van der Waals surface area contributed by atoms with E-state index in [4.69, 9.17) is 11.6 Å². The topological polar surface area (TPSA) is 22.0 Å². The van der Waals surface area contributed by atoms with Crippen LogP contribution in [0.15, 0.2) is 36.0 Å². The molecule has 0 fully saturated rings. The fraction of sp³-hybridized carbons (Fsp3) is 0.214. The van der Waals surface area contributed by atoms with Gasteiger partial charge in [-0.2, -0.15) is 0 Å². The van der Waals surface area contributed by atoms with Gasteiger partial charge < -0.3 is 4.57 Å². The van der Waals surface area contributed by atoms with Crippen LogP contribution in [0.4, 0.5) is 0 Å². The zero-order chi connectivity index (χ0) is 12.4. The quantitative estimate of drug-likeness (QED) is 0.592. The molecule has 2 rings (SSSR count). The summed E-state index contributed by atoms with van der Waals surface area (Å²) in [5.74, 6) is 0. The second kappa shape index (κ2) is 4.76. The molecule has 0 saturated carbocycles. The molecule has 0 bridgehead atoms. The van der Waals surface area contributed by atoms with Crippen LogP contribution < -0.4 is 0 Å². The van der Waals surface area contributed by atoms with Gasteiger partial charge in [-0.05, 0) is 26.0 Å². The smallest absolute Gasteiger partial charge is 0.152 e. The maximum Gasteiger partial charge on any atom is 0.152 e. The molecular weight excluding hydrogens is 234 g/mol. The van der Waals surface area contributed by atoms with E-state index in [1.165, 1.54) is 5.57 Å². The predicted octanol–water partition coefficient (Wildman–Crippen LogP) is 4.07. The number of fused-ring (bicyclic) bond motifs is 1. The molecule has 2 aromatic rings. The number of allylic oxidation sites excluding steroid dienone is 2. The third-order valence-electron chi connectivity index (χ3n) is 2.70. The molecule has 0 spiro atoms. The average molecular weight is 248 g/mol. The van der Waals surface area contributed by atoms with Crippen LogP contribution in [0.5, 0.6) is 0 Å². The summed E-state index contributed by atoms with van der Waals surface area (Å²) in [5, 5.41) is 1.64. The van der Waals surface area contributed by atoms with Crippen molar-refractivity contribution in [3.8, 4) is 0 Å². The lowest BCUT2D eigenvalue weighted by Gasteiger charge is -2.02. The van der Waals surface area contributed by atoms with Gasteiger partial charge in [0.25, 0.3) is 0 Å². The summed E-state index contributed by atoms with van der Waals surface area (Å²) >= 11 is 5.99. The normalized spacial score (nSPS) is 10.5. The molecule has 0 unspecified atom stereocenters. The lowest BCUT2D eigenvalue weighted by molar-refractivity contribution is 0.112. The molecule has 17 heavy (non-hydrogen) atoms. The number of aromatic nitrogens is 1. The van der Waals surface area contributed by atoms with Crippen LogP contribution >= 0.6 is 11.6 Å². The lowest BCUT2D eigenvalue weighted by Crippen LogP contribution is -1.93. The Labute approximate surface area is 105 Å². The minimum atomic E-state index is 0.687. The molecule has 1 aromatic carbocycles. The molecule has 0 amide bonds. The highest BCUT2D eigenvalue weighted by atomic mass is 35.5. The van der Waals surface area contributed by atoms with Crippen LogP contribution in [0.3, 0.4) is 0 Å². The maximum atomic E-state index is 11.0. The van der Waals surface area contributed by atoms with E-state index in [2.05, 4.69) is 19.9 Å². The number of nitrogens with zero attached hydrogens (tertiary/aromatic N) is 1. The average Bonchev–Trinajstić information content (AvgIpc) is 2.63. The highest BCUT2D eigenvalue weighted by molar-refractivity contribution is 6.31. The van der Waals surface area contributed by atoms with E-state index in [1.54, 1.807) is 0 Å². The number of carbonyl (C=O) groups is 1. The van der Waals surface area contributed by atoms with Gasteiger partial charge in [0.1, 0.15) is 0 Å². The summed E-state index contributed by atoms with van der Waals surface area (Å²) < 4.78 is 2.04. The minimum absolute atomic E-state index is 0.687. The Hall–Kier alpha value is -1.54. The van der Waals surface area contributed by atoms with Crippen LogP contribution in [0, 0.1) is 0 Å². The van der Waals surface area contributed by atoms with Crippen molar-refractivity contribution in [3.05, 3.63) is 46.6 Å². The number of benzene rings is 1. The van der Waals surface area contributed by atoms with E-state index < -0.39 is 0 Å². The zero-order valence-corrected chi connectivity index (χ0v) is 10.7. The van der Waals surface area contributed by atoms with Crippen LogP contribution in [-0.2, 0) is 6.54 Å². The zero-order valence-electron chi connectivity index (χ0n) is 9.90. The summed E-state index contributed by atoms with van der Waals surface area (Å²) in [7, 11) is 0. The summed E-state index contributed by atoms with van der Waals surface area (Å²) in [6.07, 6.45) is 4.87. The van der Waals surface area contributed by atoms with E-state index in [0.29, 0.717) is 10.6 Å². The van der Waals surface area contributed by atoms with Crippen molar-refractivity contribution >= 4 is 28.8 Å². The SMILES string of the molecule is CC(C)=CCn1cc(C=O)c2ccc(Cl)cc21. The standard InChI is InChI=1S/C14H14ClNO/c1-10(2)5-6-16-8-11(9-17)13-4-3-12(15)7-14(13)16/h3-5,7-9H,6H2,1-2H3. The Morgan fingerprint density at radius 3 is 2.82 bits per heavy atom. The summed E-state index contributed by atoms with van der Waals surface area (Å²) in [4.78, 5) is 11.0. The number of hydrogen-bond donors (Lipinski definition) is 0. The van der Waals surface area contributed by atoms with Gasteiger partial charge in [0.2, 0.25) is 0 Å². The molecule has 0 atom stereocenters. The molecule has 0 radical (unpaired) electrons. The van der Waals surface area contributed by atoms with Crippen molar-refractivity contribution in [2.45, 2.75) is 20.4 Å². The van der Waals surface area contributed by atoms with Crippen molar-refractivity contribution < 1.29 is 4.79 Å². The van der Waals surface area contributed by atoms with Crippen LogP contribution in [-0.4, -0.2) is 10.9 Å². The first-order chi connectivity index (χ1) is 8.11. The second-order valence-corrected chi connectivity index (χ2v) is 4.73. The fourth-order valence-corrected chi connectivity index (χ4v) is 1.99. The van der Waals surface area contributed by atoms with Crippen molar-refractivity contribution in [2.24, 2.45) is 0 Å². The van der Waals surface area contributed by atoms with Gasteiger partial charge in [0.05, 0.1) is 5.52 Å². The third kappa shape index (κ3) is 2.42. The van der Waals surface area contributed by atoms with Crippen molar-refractivity contribution in [1.29, 1.82) is 0 Å². The first-order valence-corrected chi connectivity index (χ1v) is 5.86. The summed E-state index contributed by atoms with van der Waals surface area (Å²) in [5.41, 5.74) is 2.96. The van der Waals surface area contributed by atoms with Crippen molar-refractivity contribution in [3.63, 3.8) is 0 Å². The highest BCUT2D eigenvalue weighted by Gasteiger charge is 2.07. The molecule has 1 aromatic heterocycles. The Morgan fingerprint density at radius 2 is 2.18 bits per heavy atom. The van der Waals surface area contributed by atoms with Gasteiger partial charge in [-0.15, -0.1) is 0 Å². The van der Waals surface area contributed by atoms with E-state index in [0.717, 1.165) is 23.7 Å². The Balaban J connectivity index is 2.58. The highest BCUT2D eigenvalue weighted by Crippen LogP contribution is 2.24. The summed E-state index contributed by atoms with van der Waals surface area (Å²) in [6.45, 7) is 4.87. The molecule has 0 aliphatic heterocycles. The number of carbonyl (C=O) groups excluding carboxylic acids is 1. The molecule has 2 nitrogen and oxygen atoms in total. The van der Waals surface area contributed by atoms with Crippen molar-refractivity contribution in [2.75, 3.05) is 0 Å². The van der Waals surface area contributed by atoms with Gasteiger partial charge in [0.15, 0.2) is 6.29 Å². The first-order valence-electron chi connectivity index (χ1n) is 5.49. The van der Waals surface area contributed by atoms with E-state index >= 15 is 0 Å². The second-order valence-electron chi connectivity index (χ2n) is 4.30. The first kappa shape index (κ1) is 11.9. The van der Waals surface area contributed by atoms with Gasteiger partial charge in [0, 0.05) is 28.7 Å². The molecular formula is C14H14ClNO. The predicted molar refractivity (Wildman–Crippen MR) is 71.8 cm³/mol. The Kier molecular flexibility index (Phi) is 3.34. The van der Waals surface area contributed by atoms with Crippen molar-refractivity contribution in [1.82, 2.24) is 4.57 Å². The number of aldehydes is 1. The van der Waals surface area contributed by atoms with Crippen LogP contribution in [0.2, 0.25) is 5.02 Å². The van der Waals surface area contributed by atoms with Gasteiger partial charge >= 0.3 is 0 Å². The molecule has 0 aliphatic carbocycles.